The predicted molar refractivity (Wildman–Crippen MR) is 93.4 cm³/mol. The zero-order chi connectivity index (χ0) is 19.1. The lowest BCUT2D eigenvalue weighted by Crippen LogP contribution is -2.54. The third kappa shape index (κ3) is 2.75. The molecule has 0 aromatic carbocycles. The van der Waals surface area contributed by atoms with E-state index in [1.54, 1.807) is 6.92 Å². The topological polar surface area (TPSA) is 173 Å². The third-order valence-corrected chi connectivity index (χ3v) is 4.44. The van der Waals surface area contributed by atoms with Gasteiger partial charge in [-0.05, 0) is 13.8 Å². The highest BCUT2D eigenvalue weighted by atomic mass is 32.1. The van der Waals surface area contributed by atoms with Crippen LogP contribution in [0.25, 0.3) is 11.2 Å². The molecule has 0 spiro atoms. The lowest BCUT2D eigenvalue weighted by atomic mass is 9.90. The normalized spacial score (nSPS) is 29.8. The zero-order valence-corrected chi connectivity index (χ0v) is 14.8. The number of aromatic amines is 1. The Hall–Kier alpha value is -2.43. The Labute approximate surface area is 153 Å². The minimum atomic E-state index is -1.49. The first-order chi connectivity index (χ1) is 12.3. The first-order valence-corrected chi connectivity index (χ1v) is 8.06. The molecule has 5 atom stereocenters. The quantitative estimate of drug-likeness (QED) is 0.161. The van der Waals surface area contributed by atoms with Crippen molar-refractivity contribution in [3.05, 3.63) is 11.0 Å². The van der Waals surface area contributed by atoms with E-state index in [9.17, 15) is 10.2 Å². The summed E-state index contributed by atoms with van der Waals surface area (Å²) in [7, 11) is 0. The van der Waals surface area contributed by atoms with E-state index in [-0.39, 0.29) is 10.6 Å². The molecule has 3 rings (SSSR count). The van der Waals surface area contributed by atoms with E-state index in [0.29, 0.717) is 11.2 Å². The summed E-state index contributed by atoms with van der Waals surface area (Å²) < 4.78 is 7.54. The van der Waals surface area contributed by atoms with Gasteiger partial charge in [0.1, 0.15) is 23.4 Å². The van der Waals surface area contributed by atoms with Gasteiger partial charge in [0.05, 0.1) is 12.4 Å². The second-order valence-corrected chi connectivity index (χ2v) is 6.26. The SMILES string of the molecule is CC#C[C@@]1(N)[C@@H](O)[C@@H]([C@@H](C)O)O[C@H]1n1cnc2c(=S)nc(N=NN)[nH]c21. The van der Waals surface area contributed by atoms with Crippen LogP contribution < -0.4 is 11.6 Å². The van der Waals surface area contributed by atoms with E-state index in [2.05, 4.69) is 37.1 Å². The Balaban J connectivity index is 2.20. The highest BCUT2D eigenvalue weighted by Crippen LogP contribution is 2.39. The van der Waals surface area contributed by atoms with Crippen molar-refractivity contribution in [1.29, 1.82) is 0 Å². The molecule has 26 heavy (non-hydrogen) atoms. The van der Waals surface area contributed by atoms with Crippen LogP contribution in [0.4, 0.5) is 5.95 Å². The smallest absolute Gasteiger partial charge is 0.251 e. The molecule has 2 aromatic heterocycles. The van der Waals surface area contributed by atoms with Gasteiger partial charge in [0, 0.05) is 0 Å². The van der Waals surface area contributed by atoms with E-state index in [1.807, 2.05) is 0 Å². The van der Waals surface area contributed by atoms with Gasteiger partial charge in [0.25, 0.3) is 5.95 Å². The molecule has 7 N–H and O–H groups in total. The maximum Gasteiger partial charge on any atom is 0.251 e. The molecule has 1 fully saturated rings. The lowest BCUT2D eigenvalue weighted by molar-refractivity contribution is -0.0756. The van der Waals surface area contributed by atoms with Crippen molar-refractivity contribution in [2.75, 3.05) is 0 Å². The van der Waals surface area contributed by atoms with Crippen LogP contribution in [0.5, 0.6) is 0 Å². The van der Waals surface area contributed by atoms with Gasteiger partial charge in [0.15, 0.2) is 16.4 Å². The molecular formula is C14H18N8O3S. The van der Waals surface area contributed by atoms with Crippen LogP contribution in [0.1, 0.15) is 20.1 Å². The largest absolute Gasteiger partial charge is 0.391 e. The van der Waals surface area contributed by atoms with Crippen molar-refractivity contribution in [3.8, 4) is 11.8 Å². The van der Waals surface area contributed by atoms with Crippen molar-refractivity contribution >= 4 is 29.3 Å². The maximum absolute atomic E-state index is 10.6. The molecule has 1 aliphatic heterocycles. The highest BCUT2D eigenvalue weighted by Gasteiger charge is 2.55. The number of hydrogen-bond donors (Lipinski definition) is 5. The van der Waals surface area contributed by atoms with Gasteiger partial charge in [-0.3, -0.25) is 4.57 Å². The summed E-state index contributed by atoms with van der Waals surface area (Å²) in [6.07, 6.45) is -2.65. The number of nitrogens with zero attached hydrogens (tertiary/aromatic N) is 5. The molecule has 0 amide bonds. The Bertz CT molecular complexity index is 974. The van der Waals surface area contributed by atoms with E-state index in [1.165, 1.54) is 17.8 Å². The Morgan fingerprint density at radius 2 is 2.31 bits per heavy atom. The van der Waals surface area contributed by atoms with Crippen molar-refractivity contribution in [2.24, 2.45) is 21.9 Å². The zero-order valence-electron chi connectivity index (χ0n) is 14.0. The standard InChI is InChI=1S/C14H18N8O3S/c1-3-4-14(15)9(24)8(6(2)23)25-12(14)22-5-17-7-10(22)18-13(20-21-16)19-11(7)26/h5-6,8-9,12,23-24H,15H2,1-2H3,(H3,16,18,19,20,26)/t6-,8-,9+,12-,14-/m1/s1. The molecular weight excluding hydrogens is 360 g/mol. The van der Waals surface area contributed by atoms with Crippen LogP contribution in [0, 0.1) is 16.5 Å². The predicted octanol–water partition coefficient (Wildman–Crippen LogP) is -0.194. The number of nitrogens with one attached hydrogen (secondary N) is 1. The third-order valence-electron chi connectivity index (χ3n) is 4.15. The maximum atomic E-state index is 10.6. The van der Waals surface area contributed by atoms with Crippen molar-refractivity contribution in [1.82, 2.24) is 19.5 Å². The average Bonchev–Trinajstić information content (AvgIpc) is 3.09. The van der Waals surface area contributed by atoms with Gasteiger partial charge in [-0.2, -0.15) is 4.98 Å². The number of fused-ring (bicyclic) bond motifs is 1. The highest BCUT2D eigenvalue weighted by molar-refractivity contribution is 7.71. The number of rotatable bonds is 3. The molecule has 0 saturated carbocycles. The summed E-state index contributed by atoms with van der Waals surface area (Å²) in [6.45, 7) is 3.09. The Morgan fingerprint density at radius 3 is 2.92 bits per heavy atom. The number of nitrogens with two attached hydrogens (primary N) is 2. The van der Waals surface area contributed by atoms with Crippen LogP contribution in [0.15, 0.2) is 16.7 Å². The fraction of sp³-hybridized carbons (Fsp3) is 0.500. The molecule has 138 valence electrons. The van der Waals surface area contributed by atoms with Gasteiger partial charge in [0.2, 0.25) is 0 Å². The first-order valence-electron chi connectivity index (χ1n) is 7.65. The number of aromatic nitrogens is 4. The Kier molecular flexibility index (Phi) is 4.74. The molecule has 0 aliphatic carbocycles. The molecule has 2 aromatic rings. The molecule has 0 radical (unpaired) electrons. The number of H-pyrrole nitrogens is 1. The van der Waals surface area contributed by atoms with Gasteiger partial charge < -0.3 is 31.5 Å². The molecule has 1 aliphatic rings. The molecule has 12 heteroatoms. The minimum absolute atomic E-state index is 0.0709. The number of hydrogen-bond acceptors (Lipinski definition) is 9. The van der Waals surface area contributed by atoms with Crippen LogP contribution in [0.3, 0.4) is 0 Å². The number of aliphatic hydroxyl groups is 2. The summed E-state index contributed by atoms with van der Waals surface area (Å²) in [5.74, 6) is 10.6. The molecule has 1 saturated heterocycles. The lowest BCUT2D eigenvalue weighted by Gasteiger charge is -2.28. The number of aliphatic hydroxyl groups excluding tert-OH is 2. The number of ether oxygens (including phenoxy) is 1. The first kappa shape index (κ1) is 18.4. The molecule has 0 bridgehead atoms. The second kappa shape index (κ2) is 6.71. The summed E-state index contributed by atoms with van der Waals surface area (Å²) in [5.41, 5.74) is 5.66. The summed E-state index contributed by atoms with van der Waals surface area (Å²) in [4.78, 5) is 11.1. The molecule has 11 nitrogen and oxygen atoms in total. The van der Waals surface area contributed by atoms with Gasteiger partial charge in [-0.15, -0.1) is 5.92 Å². The van der Waals surface area contributed by atoms with E-state index in [4.69, 9.17) is 28.5 Å². The number of imidazole rings is 1. The van der Waals surface area contributed by atoms with Crippen molar-refractivity contribution in [3.63, 3.8) is 0 Å². The van der Waals surface area contributed by atoms with Gasteiger partial charge in [-0.1, -0.05) is 28.5 Å². The van der Waals surface area contributed by atoms with E-state index >= 15 is 0 Å². The van der Waals surface area contributed by atoms with Crippen molar-refractivity contribution in [2.45, 2.75) is 43.9 Å². The van der Waals surface area contributed by atoms with Gasteiger partial charge >= 0.3 is 0 Å². The minimum Gasteiger partial charge on any atom is -0.391 e. The second-order valence-electron chi connectivity index (χ2n) is 5.88. The van der Waals surface area contributed by atoms with Crippen LogP contribution in [-0.4, -0.2) is 53.6 Å². The molecule has 3 heterocycles. The summed E-state index contributed by atoms with van der Waals surface area (Å²) >= 11 is 5.20. The monoisotopic (exact) mass is 378 g/mol. The Morgan fingerprint density at radius 1 is 1.58 bits per heavy atom. The average molecular weight is 378 g/mol. The van der Waals surface area contributed by atoms with Crippen LogP contribution in [0.2, 0.25) is 0 Å². The summed E-state index contributed by atoms with van der Waals surface area (Å²) in [5, 5.41) is 27.3. The van der Waals surface area contributed by atoms with E-state index in [0.717, 1.165) is 0 Å². The van der Waals surface area contributed by atoms with Crippen LogP contribution >= 0.6 is 12.2 Å². The van der Waals surface area contributed by atoms with Crippen molar-refractivity contribution < 1.29 is 14.9 Å². The molecule has 0 unspecified atom stereocenters. The van der Waals surface area contributed by atoms with Crippen LogP contribution in [-0.2, 0) is 4.74 Å². The summed E-state index contributed by atoms with van der Waals surface area (Å²) in [6, 6.07) is 0. The fourth-order valence-corrected chi connectivity index (χ4v) is 3.22. The fourth-order valence-electron chi connectivity index (χ4n) is 2.98. The van der Waals surface area contributed by atoms with E-state index < -0.39 is 30.1 Å². The van der Waals surface area contributed by atoms with Gasteiger partial charge in [-0.25, -0.2) is 4.98 Å².